The Balaban J connectivity index is 2.26. The minimum atomic E-state index is -0.727. The quantitative estimate of drug-likeness (QED) is 0.483. The summed E-state index contributed by atoms with van der Waals surface area (Å²) in [6.45, 7) is 0. The molecule has 1 saturated carbocycles. The zero-order valence-corrected chi connectivity index (χ0v) is 4.10. The SMILES string of the molecule is O[C@H]1CC[C@@H](F)C1. The molecule has 1 nitrogen and oxygen atoms in total. The van der Waals surface area contributed by atoms with E-state index in [2.05, 4.69) is 0 Å². The van der Waals surface area contributed by atoms with Gasteiger partial charge in [0.15, 0.2) is 0 Å². The van der Waals surface area contributed by atoms with Gasteiger partial charge in [-0.1, -0.05) is 0 Å². The van der Waals surface area contributed by atoms with E-state index in [9.17, 15) is 4.39 Å². The normalized spacial score (nSPS) is 42.0. The summed E-state index contributed by atoms with van der Waals surface area (Å²) in [7, 11) is 0. The molecule has 0 aromatic heterocycles. The Morgan fingerprint density at radius 1 is 1.43 bits per heavy atom. The molecule has 1 aliphatic rings. The van der Waals surface area contributed by atoms with Crippen molar-refractivity contribution in [1.82, 2.24) is 0 Å². The monoisotopic (exact) mass is 104 g/mol. The van der Waals surface area contributed by atoms with E-state index in [0.29, 0.717) is 19.3 Å². The summed E-state index contributed by atoms with van der Waals surface area (Å²) in [6, 6.07) is 0. The van der Waals surface area contributed by atoms with Gasteiger partial charge in [0.25, 0.3) is 0 Å². The lowest BCUT2D eigenvalue weighted by molar-refractivity contribution is 0.171. The number of aliphatic hydroxyl groups excluding tert-OH is 1. The fourth-order valence-electron chi connectivity index (χ4n) is 0.904. The van der Waals surface area contributed by atoms with E-state index in [-0.39, 0.29) is 6.10 Å². The third kappa shape index (κ3) is 1.13. The van der Waals surface area contributed by atoms with Crippen LogP contribution in [0.1, 0.15) is 19.3 Å². The maximum atomic E-state index is 12.0. The summed E-state index contributed by atoms with van der Waals surface area (Å²) in [4.78, 5) is 0. The van der Waals surface area contributed by atoms with Crippen molar-refractivity contribution >= 4 is 0 Å². The first-order chi connectivity index (χ1) is 3.29. The van der Waals surface area contributed by atoms with Gasteiger partial charge in [-0.2, -0.15) is 0 Å². The van der Waals surface area contributed by atoms with Crippen LogP contribution in [0.25, 0.3) is 0 Å². The van der Waals surface area contributed by atoms with Gasteiger partial charge in [0.05, 0.1) is 6.10 Å². The predicted octanol–water partition coefficient (Wildman–Crippen LogP) is 0.869. The van der Waals surface area contributed by atoms with Crippen LogP contribution in [0, 0.1) is 0 Å². The Labute approximate surface area is 42.2 Å². The maximum Gasteiger partial charge on any atom is 0.103 e. The molecule has 2 atom stereocenters. The summed E-state index contributed by atoms with van der Waals surface area (Å²) in [5.74, 6) is 0. The first-order valence-corrected chi connectivity index (χ1v) is 2.61. The van der Waals surface area contributed by atoms with E-state index in [1.165, 1.54) is 0 Å². The van der Waals surface area contributed by atoms with E-state index >= 15 is 0 Å². The molecular formula is C5H9FO. The summed E-state index contributed by atoms with van der Waals surface area (Å²) in [6.07, 6.45) is 0.493. The molecule has 1 fully saturated rings. The Kier molecular flexibility index (Phi) is 1.28. The van der Waals surface area contributed by atoms with E-state index in [1.54, 1.807) is 0 Å². The number of aliphatic hydroxyl groups is 1. The number of alkyl halides is 1. The lowest BCUT2D eigenvalue weighted by atomic mass is 10.3. The second kappa shape index (κ2) is 1.78. The van der Waals surface area contributed by atoms with Gasteiger partial charge in [-0.05, 0) is 12.8 Å². The number of hydrogen-bond acceptors (Lipinski definition) is 1. The van der Waals surface area contributed by atoms with Crippen molar-refractivity contribution in [2.75, 3.05) is 0 Å². The molecule has 0 unspecified atom stereocenters. The zero-order chi connectivity index (χ0) is 5.28. The van der Waals surface area contributed by atoms with Gasteiger partial charge in [-0.15, -0.1) is 0 Å². The lowest BCUT2D eigenvalue weighted by Gasteiger charge is -1.93. The van der Waals surface area contributed by atoms with E-state index in [4.69, 9.17) is 5.11 Å². The average Bonchev–Trinajstić information content (AvgIpc) is 1.87. The first kappa shape index (κ1) is 5.04. The average molecular weight is 104 g/mol. The number of hydrogen-bond donors (Lipinski definition) is 1. The molecule has 2 heteroatoms. The third-order valence-corrected chi connectivity index (χ3v) is 1.34. The second-order valence-electron chi connectivity index (χ2n) is 2.06. The Morgan fingerprint density at radius 3 is 2.29 bits per heavy atom. The minimum absolute atomic E-state index is 0.352. The van der Waals surface area contributed by atoms with Crippen molar-refractivity contribution in [3.63, 3.8) is 0 Å². The van der Waals surface area contributed by atoms with Gasteiger partial charge in [-0.3, -0.25) is 0 Å². The standard InChI is InChI=1S/C5H9FO/c6-4-1-2-5(7)3-4/h4-5,7H,1-3H2/t4-,5+/m1/s1. The molecule has 0 aliphatic heterocycles. The van der Waals surface area contributed by atoms with Crippen LogP contribution in [0.5, 0.6) is 0 Å². The van der Waals surface area contributed by atoms with Gasteiger partial charge in [0, 0.05) is 6.42 Å². The van der Waals surface area contributed by atoms with Crippen LogP contribution in [0.15, 0.2) is 0 Å². The molecule has 0 aromatic carbocycles. The molecule has 1 rings (SSSR count). The highest BCUT2D eigenvalue weighted by molar-refractivity contribution is 4.72. The molecule has 0 amide bonds. The lowest BCUT2D eigenvalue weighted by Crippen LogP contribution is -1.98. The molecule has 0 saturated heterocycles. The van der Waals surface area contributed by atoms with Crippen molar-refractivity contribution in [3.05, 3.63) is 0 Å². The number of rotatable bonds is 0. The third-order valence-electron chi connectivity index (χ3n) is 1.34. The molecule has 1 N–H and O–H groups in total. The Morgan fingerprint density at radius 2 is 2.14 bits per heavy atom. The zero-order valence-electron chi connectivity index (χ0n) is 4.10. The molecule has 0 aromatic rings. The van der Waals surface area contributed by atoms with Crippen LogP contribution < -0.4 is 0 Å². The highest BCUT2D eigenvalue weighted by Crippen LogP contribution is 2.20. The Hall–Kier alpha value is -0.110. The summed E-state index contributed by atoms with van der Waals surface area (Å²) < 4.78 is 12.0. The first-order valence-electron chi connectivity index (χ1n) is 2.61. The summed E-state index contributed by atoms with van der Waals surface area (Å²) in [5, 5.41) is 8.66. The summed E-state index contributed by atoms with van der Waals surface area (Å²) in [5.41, 5.74) is 0. The predicted molar refractivity (Wildman–Crippen MR) is 24.8 cm³/mol. The second-order valence-corrected chi connectivity index (χ2v) is 2.06. The van der Waals surface area contributed by atoms with Crippen LogP contribution >= 0.6 is 0 Å². The molecule has 42 valence electrons. The van der Waals surface area contributed by atoms with Gasteiger partial charge < -0.3 is 5.11 Å². The largest absolute Gasteiger partial charge is 0.393 e. The van der Waals surface area contributed by atoms with Gasteiger partial charge in [-0.25, -0.2) is 4.39 Å². The van der Waals surface area contributed by atoms with Crippen LogP contribution in [-0.4, -0.2) is 17.4 Å². The van der Waals surface area contributed by atoms with Crippen LogP contribution in [-0.2, 0) is 0 Å². The number of halogens is 1. The smallest absolute Gasteiger partial charge is 0.103 e. The van der Waals surface area contributed by atoms with Crippen molar-refractivity contribution in [3.8, 4) is 0 Å². The minimum Gasteiger partial charge on any atom is -0.393 e. The fraction of sp³-hybridized carbons (Fsp3) is 1.00. The maximum absolute atomic E-state index is 12.0. The molecule has 0 heterocycles. The van der Waals surface area contributed by atoms with Crippen molar-refractivity contribution < 1.29 is 9.50 Å². The molecule has 0 spiro atoms. The summed E-state index contributed by atoms with van der Waals surface area (Å²) >= 11 is 0. The van der Waals surface area contributed by atoms with E-state index < -0.39 is 6.17 Å². The molecule has 7 heavy (non-hydrogen) atoms. The van der Waals surface area contributed by atoms with Crippen LogP contribution in [0.4, 0.5) is 4.39 Å². The molecular weight excluding hydrogens is 95.1 g/mol. The highest BCUT2D eigenvalue weighted by Gasteiger charge is 2.21. The van der Waals surface area contributed by atoms with Crippen molar-refractivity contribution in [2.24, 2.45) is 0 Å². The van der Waals surface area contributed by atoms with Gasteiger partial charge in [0.2, 0.25) is 0 Å². The van der Waals surface area contributed by atoms with Crippen LogP contribution in [0.2, 0.25) is 0 Å². The molecule has 0 bridgehead atoms. The van der Waals surface area contributed by atoms with E-state index in [0.717, 1.165) is 0 Å². The molecule has 1 aliphatic carbocycles. The van der Waals surface area contributed by atoms with Crippen LogP contribution in [0.3, 0.4) is 0 Å². The molecule has 0 radical (unpaired) electrons. The van der Waals surface area contributed by atoms with Gasteiger partial charge in [0.1, 0.15) is 6.17 Å². The van der Waals surface area contributed by atoms with Gasteiger partial charge >= 0.3 is 0 Å². The van der Waals surface area contributed by atoms with Crippen molar-refractivity contribution in [1.29, 1.82) is 0 Å². The topological polar surface area (TPSA) is 20.2 Å². The Bertz CT molecular complexity index is 57.1. The highest BCUT2D eigenvalue weighted by atomic mass is 19.1. The van der Waals surface area contributed by atoms with Crippen molar-refractivity contribution in [2.45, 2.75) is 31.5 Å². The van der Waals surface area contributed by atoms with E-state index in [1.807, 2.05) is 0 Å². The fourth-order valence-corrected chi connectivity index (χ4v) is 0.904.